The number of carbonyl (C=O) groups is 1. The molecule has 0 aliphatic carbocycles. The molecule has 0 aliphatic heterocycles. The van der Waals surface area contributed by atoms with E-state index in [1.165, 1.54) is 12.1 Å². The number of carboxylic acids is 1. The molecule has 0 unspecified atom stereocenters. The van der Waals surface area contributed by atoms with Gasteiger partial charge >= 0.3 is 5.97 Å². The van der Waals surface area contributed by atoms with E-state index >= 15 is 0 Å². The maximum absolute atomic E-state index is 13.1. The highest BCUT2D eigenvalue weighted by Gasteiger charge is 2.11. The fourth-order valence-electron chi connectivity index (χ4n) is 1.61. The van der Waals surface area contributed by atoms with Gasteiger partial charge in [0.05, 0.1) is 5.56 Å². The van der Waals surface area contributed by atoms with Crippen molar-refractivity contribution >= 4 is 5.97 Å². The van der Waals surface area contributed by atoms with Gasteiger partial charge in [-0.2, -0.15) is 0 Å². The molecule has 0 saturated carbocycles. The predicted octanol–water partition coefficient (Wildman–Crippen LogP) is 3.04. The van der Waals surface area contributed by atoms with Crippen LogP contribution in [-0.4, -0.2) is 16.2 Å². The van der Waals surface area contributed by atoms with Crippen LogP contribution in [0.4, 0.5) is 8.78 Å². The van der Waals surface area contributed by atoms with Crippen LogP contribution in [0.25, 0.3) is 11.1 Å². The Bertz CT molecular complexity index is 603. The van der Waals surface area contributed by atoms with Gasteiger partial charge in [0.25, 0.3) is 0 Å². The summed E-state index contributed by atoms with van der Waals surface area (Å²) in [4.78, 5) is 10.8. The average Bonchev–Trinajstić information content (AvgIpc) is 2.27. The molecule has 0 radical (unpaired) electrons. The van der Waals surface area contributed by atoms with E-state index in [4.69, 9.17) is 5.11 Å². The van der Waals surface area contributed by atoms with Gasteiger partial charge in [-0.3, -0.25) is 0 Å². The third-order valence-corrected chi connectivity index (χ3v) is 2.42. The predicted molar refractivity (Wildman–Crippen MR) is 60.4 cm³/mol. The molecule has 2 aromatic rings. The minimum absolute atomic E-state index is 0.0632. The number of hydrogen-bond donors (Lipinski definition) is 2. The van der Waals surface area contributed by atoms with Gasteiger partial charge < -0.3 is 10.2 Å². The van der Waals surface area contributed by atoms with E-state index in [1.807, 2.05) is 0 Å². The maximum Gasteiger partial charge on any atom is 0.335 e. The first-order chi connectivity index (χ1) is 8.47. The molecule has 0 saturated heterocycles. The number of carboxylic acid groups (broad SMARTS) is 1. The van der Waals surface area contributed by atoms with E-state index in [9.17, 15) is 18.7 Å². The topological polar surface area (TPSA) is 57.5 Å². The Kier molecular flexibility index (Phi) is 2.97. The van der Waals surface area contributed by atoms with E-state index in [0.29, 0.717) is 6.07 Å². The van der Waals surface area contributed by atoms with E-state index in [2.05, 4.69) is 0 Å². The lowest BCUT2D eigenvalue weighted by molar-refractivity contribution is 0.0697. The van der Waals surface area contributed by atoms with Gasteiger partial charge in [0.15, 0.2) is 0 Å². The third-order valence-electron chi connectivity index (χ3n) is 2.42. The van der Waals surface area contributed by atoms with Crippen LogP contribution in [0.15, 0.2) is 36.4 Å². The number of phenols is 1. The van der Waals surface area contributed by atoms with Crippen molar-refractivity contribution in [3.05, 3.63) is 53.6 Å². The van der Waals surface area contributed by atoms with Crippen LogP contribution >= 0.6 is 0 Å². The monoisotopic (exact) mass is 250 g/mol. The Balaban J connectivity index is 2.62. The highest BCUT2D eigenvalue weighted by Crippen LogP contribution is 2.31. The zero-order valence-electron chi connectivity index (χ0n) is 9.02. The van der Waals surface area contributed by atoms with Crippen molar-refractivity contribution in [3.8, 4) is 16.9 Å². The second-order valence-electron chi connectivity index (χ2n) is 3.70. The molecule has 92 valence electrons. The number of aromatic carboxylic acids is 1. The number of rotatable bonds is 2. The second-order valence-corrected chi connectivity index (χ2v) is 3.70. The summed E-state index contributed by atoms with van der Waals surface area (Å²) in [5.41, 5.74) is 0.0638. The lowest BCUT2D eigenvalue weighted by atomic mass is 10.0. The summed E-state index contributed by atoms with van der Waals surface area (Å²) >= 11 is 0. The van der Waals surface area contributed by atoms with Crippen molar-refractivity contribution in [2.24, 2.45) is 0 Å². The van der Waals surface area contributed by atoms with Crippen LogP contribution in [-0.2, 0) is 0 Å². The van der Waals surface area contributed by atoms with E-state index in [-0.39, 0.29) is 22.4 Å². The molecule has 0 atom stereocenters. The minimum Gasteiger partial charge on any atom is -0.507 e. The normalized spacial score (nSPS) is 10.3. The Morgan fingerprint density at radius 3 is 2.17 bits per heavy atom. The SMILES string of the molecule is O=C(O)c1ccc(O)c(-c2cc(F)cc(F)c2)c1. The molecule has 0 fully saturated rings. The highest BCUT2D eigenvalue weighted by molar-refractivity contribution is 5.90. The van der Waals surface area contributed by atoms with Crippen molar-refractivity contribution < 1.29 is 23.8 Å². The smallest absolute Gasteiger partial charge is 0.335 e. The summed E-state index contributed by atoms with van der Waals surface area (Å²) in [5.74, 6) is -3.03. The molecule has 0 amide bonds. The first-order valence-corrected chi connectivity index (χ1v) is 5.00. The number of halogens is 2. The van der Waals surface area contributed by atoms with E-state index in [1.54, 1.807) is 0 Å². The molecule has 18 heavy (non-hydrogen) atoms. The summed E-state index contributed by atoms with van der Waals surface area (Å²) in [7, 11) is 0. The zero-order valence-corrected chi connectivity index (χ0v) is 9.02. The summed E-state index contributed by atoms with van der Waals surface area (Å²) < 4.78 is 26.1. The van der Waals surface area contributed by atoms with Gasteiger partial charge in [0, 0.05) is 11.6 Å². The average molecular weight is 250 g/mol. The maximum atomic E-state index is 13.1. The molecule has 5 heteroatoms. The van der Waals surface area contributed by atoms with Crippen molar-refractivity contribution in [1.82, 2.24) is 0 Å². The number of phenolic OH excluding ortho intramolecular Hbond substituents is 1. The lowest BCUT2D eigenvalue weighted by Gasteiger charge is -2.06. The Hall–Kier alpha value is -2.43. The van der Waals surface area contributed by atoms with Crippen LogP contribution in [0.1, 0.15) is 10.4 Å². The molecule has 2 N–H and O–H groups in total. The minimum atomic E-state index is -1.19. The molecule has 0 aromatic heterocycles. The molecule has 0 bridgehead atoms. The second kappa shape index (κ2) is 4.44. The zero-order chi connectivity index (χ0) is 13.3. The summed E-state index contributed by atoms with van der Waals surface area (Å²) in [6.07, 6.45) is 0. The molecular formula is C13H8F2O3. The van der Waals surface area contributed by atoms with E-state index < -0.39 is 17.6 Å². The number of aromatic hydroxyl groups is 1. The molecule has 0 aliphatic rings. The van der Waals surface area contributed by atoms with Crippen LogP contribution in [0.2, 0.25) is 0 Å². The molecule has 2 aromatic carbocycles. The molecule has 2 rings (SSSR count). The Morgan fingerprint density at radius 1 is 1.00 bits per heavy atom. The quantitative estimate of drug-likeness (QED) is 0.861. The Labute approximate surface area is 101 Å². The van der Waals surface area contributed by atoms with Gasteiger partial charge in [-0.1, -0.05) is 0 Å². The number of benzene rings is 2. The van der Waals surface area contributed by atoms with Crippen molar-refractivity contribution in [2.75, 3.05) is 0 Å². The van der Waals surface area contributed by atoms with Gasteiger partial charge in [-0.05, 0) is 35.9 Å². The van der Waals surface area contributed by atoms with Crippen LogP contribution < -0.4 is 0 Å². The largest absolute Gasteiger partial charge is 0.507 e. The summed E-state index contributed by atoms with van der Waals surface area (Å²) in [5, 5.41) is 18.4. The first kappa shape index (κ1) is 12.0. The van der Waals surface area contributed by atoms with Crippen molar-refractivity contribution in [1.29, 1.82) is 0 Å². The standard InChI is InChI=1S/C13H8F2O3/c14-9-3-8(4-10(15)6-9)11-5-7(13(17)18)1-2-12(11)16/h1-6,16H,(H,17,18). The molecule has 3 nitrogen and oxygen atoms in total. The summed E-state index contributed by atoms with van der Waals surface area (Å²) in [6, 6.07) is 6.26. The lowest BCUT2D eigenvalue weighted by Crippen LogP contribution is -1.96. The van der Waals surface area contributed by atoms with E-state index in [0.717, 1.165) is 18.2 Å². The fourth-order valence-corrected chi connectivity index (χ4v) is 1.61. The van der Waals surface area contributed by atoms with Gasteiger partial charge in [0.1, 0.15) is 17.4 Å². The molecule has 0 heterocycles. The third kappa shape index (κ3) is 2.29. The van der Waals surface area contributed by atoms with Crippen molar-refractivity contribution in [2.45, 2.75) is 0 Å². The highest BCUT2D eigenvalue weighted by atomic mass is 19.1. The van der Waals surface area contributed by atoms with Gasteiger partial charge in [0.2, 0.25) is 0 Å². The number of hydrogen-bond acceptors (Lipinski definition) is 2. The van der Waals surface area contributed by atoms with Crippen LogP contribution in [0.5, 0.6) is 5.75 Å². The van der Waals surface area contributed by atoms with Crippen LogP contribution in [0, 0.1) is 11.6 Å². The first-order valence-electron chi connectivity index (χ1n) is 5.00. The Morgan fingerprint density at radius 2 is 1.61 bits per heavy atom. The van der Waals surface area contributed by atoms with Gasteiger partial charge in [-0.25, -0.2) is 13.6 Å². The van der Waals surface area contributed by atoms with Crippen molar-refractivity contribution in [3.63, 3.8) is 0 Å². The molecular weight excluding hydrogens is 242 g/mol. The van der Waals surface area contributed by atoms with Gasteiger partial charge in [-0.15, -0.1) is 0 Å². The molecule has 0 spiro atoms. The summed E-state index contributed by atoms with van der Waals surface area (Å²) in [6.45, 7) is 0. The fraction of sp³-hybridized carbons (Fsp3) is 0. The van der Waals surface area contributed by atoms with Crippen LogP contribution in [0.3, 0.4) is 0 Å².